The van der Waals surface area contributed by atoms with Gasteiger partial charge >= 0.3 is 12.1 Å². The molecule has 0 spiro atoms. The molecule has 2 fully saturated rings. The van der Waals surface area contributed by atoms with Crippen molar-refractivity contribution in [1.82, 2.24) is 9.21 Å². The van der Waals surface area contributed by atoms with Crippen LogP contribution in [0.3, 0.4) is 0 Å². The molecule has 2 bridgehead atoms. The summed E-state index contributed by atoms with van der Waals surface area (Å²) >= 11 is 0. The molecule has 3 N–H and O–H groups in total. The minimum atomic E-state index is -5.08. The summed E-state index contributed by atoms with van der Waals surface area (Å²) in [6.45, 7) is 0.344. The molecule has 220 valence electrons. The highest BCUT2D eigenvalue weighted by molar-refractivity contribution is 7.88. The number of nitrogens with two attached hydrogens (primary N) is 1. The Morgan fingerprint density at radius 1 is 1.05 bits per heavy atom. The van der Waals surface area contributed by atoms with E-state index < -0.39 is 39.7 Å². The Balaban J connectivity index is 0.000000559. The van der Waals surface area contributed by atoms with E-state index in [0.717, 1.165) is 53.9 Å². The van der Waals surface area contributed by atoms with E-state index in [1.807, 2.05) is 18.2 Å². The average Bonchev–Trinajstić information content (AvgIpc) is 3.08. The van der Waals surface area contributed by atoms with E-state index in [0.29, 0.717) is 30.1 Å². The second-order valence-corrected chi connectivity index (χ2v) is 11.9. The first kappa shape index (κ1) is 31.4. The van der Waals surface area contributed by atoms with Crippen molar-refractivity contribution in [2.24, 2.45) is 5.73 Å². The van der Waals surface area contributed by atoms with Crippen LogP contribution in [0.1, 0.15) is 53.1 Å². The molecule has 0 aromatic heterocycles. The molecule has 1 amide bonds. The third kappa shape index (κ3) is 7.98. The molecular weight excluding hydrogens is 561 g/mol. The van der Waals surface area contributed by atoms with Gasteiger partial charge in [0.1, 0.15) is 11.6 Å². The van der Waals surface area contributed by atoms with Crippen molar-refractivity contribution in [3.8, 4) is 0 Å². The number of fused-ring (bicyclic) bond motifs is 2. The highest BCUT2D eigenvalue weighted by atomic mass is 32.2. The summed E-state index contributed by atoms with van der Waals surface area (Å²) in [5.74, 6) is -4.38. The maximum atomic E-state index is 14.1. The quantitative estimate of drug-likeness (QED) is 0.450. The Hall–Kier alpha value is -3.10. The first-order valence-corrected chi connectivity index (χ1v) is 14.3. The van der Waals surface area contributed by atoms with Crippen LogP contribution in [-0.2, 0) is 21.4 Å². The molecular formula is C26H30F5N3O5S. The zero-order valence-electron chi connectivity index (χ0n) is 21.6. The fourth-order valence-corrected chi connectivity index (χ4v) is 6.08. The summed E-state index contributed by atoms with van der Waals surface area (Å²) in [4.78, 5) is 22.8. The number of halogens is 5. The van der Waals surface area contributed by atoms with Crippen molar-refractivity contribution in [2.75, 3.05) is 19.3 Å². The summed E-state index contributed by atoms with van der Waals surface area (Å²) in [7, 11) is -3.65. The van der Waals surface area contributed by atoms with Crippen LogP contribution in [0.15, 0.2) is 42.5 Å². The Labute approximate surface area is 228 Å². The highest BCUT2D eigenvalue weighted by Gasteiger charge is 2.41. The minimum absolute atomic E-state index is 0.168. The molecule has 40 heavy (non-hydrogen) atoms. The first-order chi connectivity index (χ1) is 18.6. The smallest absolute Gasteiger partial charge is 0.475 e. The normalized spacial score (nSPS) is 21.1. The molecule has 4 rings (SSSR count). The maximum Gasteiger partial charge on any atom is 0.490 e. The molecule has 0 saturated carbocycles. The molecule has 2 aliphatic rings. The number of hydrogen-bond donors (Lipinski definition) is 2. The van der Waals surface area contributed by atoms with Gasteiger partial charge in [0, 0.05) is 42.8 Å². The molecule has 2 aromatic rings. The molecule has 2 unspecified atom stereocenters. The van der Waals surface area contributed by atoms with Crippen LogP contribution in [0.2, 0.25) is 0 Å². The van der Waals surface area contributed by atoms with E-state index in [-0.39, 0.29) is 18.7 Å². The van der Waals surface area contributed by atoms with Gasteiger partial charge in [0.05, 0.1) is 6.26 Å². The number of hydrogen-bond acceptors (Lipinski definition) is 5. The van der Waals surface area contributed by atoms with Crippen molar-refractivity contribution in [1.29, 1.82) is 0 Å². The van der Waals surface area contributed by atoms with Crippen LogP contribution in [0.4, 0.5) is 22.0 Å². The van der Waals surface area contributed by atoms with Gasteiger partial charge in [-0.05, 0) is 61.4 Å². The molecule has 2 aliphatic heterocycles. The SMILES string of the molecule is CS(=O)(=O)N(CCN1C2CCC1CC(c1cccc(C(N)=O)c1)C2)Cc1c(F)cccc1F.O=C(O)C(F)(F)F. The number of carbonyl (C=O) groups is 2. The summed E-state index contributed by atoms with van der Waals surface area (Å²) in [5.41, 5.74) is 6.81. The Morgan fingerprint density at radius 2 is 1.57 bits per heavy atom. The summed E-state index contributed by atoms with van der Waals surface area (Å²) in [5, 5.41) is 7.12. The number of carboxylic acids is 1. The van der Waals surface area contributed by atoms with Gasteiger partial charge in [-0.25, -0.2) is 22.0 Å². The predicted octanol–water partition coefficient (Wildman–Crippen LogP) is 3.87. The molecule has 0 radical (unpaired) electrons. The van der Waals surface area contributed by atoms with Gasteiger partial charge in [-0.3, -0.25) is 9.69 Å². The lowest BCUT2D eigenvalue weighted by atomic mass is 9.84. The van der Waals surface area contributed by atoms with Gasteiger partial charge in [0.15, 0.2) is 0 Å². The number of carbonyl (C=O) groups excluding carboxylic acids is 1. The zero-order chi connectivity index (χ0) is 29.8. The first-order valence-electron chi connectivity index (χ1n) is 12.4. The van der Waals surface area contributed by atoms with E-state index in [9.17, 15) is 35.2 Å². The molecule has 0 aliphatic carbocycles. The zero-order valence-corrected chi connectivity index (χ0v) is 22.4. The van der Waals surface area contributed by atoms with Gasteiger partial charge in [0.25, 0.3) is 0 Å². The van der Waals surface area contributed by atoms with E-state index in [2.05, 4.69) is 4.90 Å². The van der Waals surface area contributed by atoms with Crippen LogP contribution in [0.25, 0.3) is 0 Å². The lowest BCUT2D eigenvalue weighted by molar-refractivity contribution is -0.192. The van der Waals surface area contributed by atoms with Crippen LogP contribution >= 0.6 is 0 Å². The molecule has 2 saturated heterocycles. The monoisotopic (exact) mass is 591 g/mol. The summed E-state index contributed by atoms with van der Waals surface area (Å²) in [6, 6.07) is 11.6. The number of alkyl halides is 3. The molecule has 14 heteroatoms. The largest absolute Gasteiger partial charge is 0.490 e. The number of amides is 1. The topological polar surface area (TPSA) is 121 Å². The van der Waals surface area contributed by atoms with Gasteiger partial charge in [-0.15, -0.1) is 0 Å². The molecule has 2 heterocycles. The maximum absolute atomic E-state index is 14.1. The third-order valence-electron chi connectivity index (χ3n) is 7.24. The summed E-state index contributed by atoms with van der Waals surface area (Å²) in [6.07, 6.45) is -0.133. The second-order valence-electron chi connectivity index (χ2n) is 9.88. The van der Waals surface area contributed by atoms with Crippen LogP contribution in [0, 0.1) is 11.6 Å². The Bertz CT molecular complexity index is 1300. The molecule has 2 aromatic carbocycles. The number of aliphatic carboxylic acids is 1. The number of nitrogens with zero attached hydrogens (tertiary/aromatic N) is 2. The van der Waals surface area contributed by atoms with Crippen molar-refractivity contribution < 1.29 is 45.1 Å². The van der Waals surface area contributed by atoms with Gasteiger partial charge in [0.2, 0.25) is 15.9 Å². The average molecular weight is 592 g/mol. The van der Waals surface area contributed by atoms with Gasteiger partial charge in [-0.2, -0.15) is 17.5 Å². The Kier molecular flexibility index (Phi) is 9.90. The standard InChI is InChI=1S/C24H29F2N3O3S.C2HF3O2/c1-33(31,32)28(15-21-22(25)6-3-7-23(21)26)10-11-29-19-8-9-20(29)14-18(13-19)16-4-2-5-17(12-16)24(27)30;3-2(4,5)1(6)7/h2-7,12,18-20H,8-11,13-15H2,1H3,(H2,27,30);(H,6,7). The van der Waals surface area contributed by atoms with Gasteiger partial charge < -0.3 is 10.8 Å². The van der Waals surface area contributed by atoms with Crippen molar-refractivity contribution >= 4 is 21.9 Å². The van der Waals surface area contributed by atoms with E-state index >= 15 is 0 Å². The molecule has 2 atom stereocenters. The number of benzene rings is 2. The fourth-order valence-electron chi connectivity index (χ4n) is 5.31. The van der Waals surface area contributed by atoms with E-state index in [1.165, 1.54) is 6.07 Å². The summed E-state index contributed by atoms with van der Waals surface area (Å²) < 4.78 is 85.8. The predicted molar refractivity (Wildman–Crippen MR) is 136 cm³/mol. The third-order valence-corrected chi connectivity index (χ3v) is 8.49. The van der Waals surface area contributed by atoms with Crippen LogP contribution in [-0.4, -0.2) is 72.2 Å². The van der Waals surface area contributed by atoms with Gasteiger partial charge in [-0.1, -0.05) is 18.2 Å². The Morgan fingerprint density at radius 3 is 2.05 bits per heavy atom. The van der Waals surface area contributed by atoms with Crippen molar-refractivity contribution in [3.63, 3.8) is 0 Å². The van der Waals surface area contributed by atoms with E-state index in [4.69, 9.17) is 15.6 Å². The lowest BCUT2D eigenvalue weighted by Crippen LogP contribution is -2.46. The highest BCUT2D eigenvalue weighted by Crippen LogP contribution is 2.43. The second kappa shape index (κ2) is 12.6. The number of sulfonamides is 1. The lowest BCUT2D eigenvalue weighted by Gasteiger charge is -2.40. The number of primary amides is 1. The van der Waals surface area contributed by atoms with Crippen LogP contribution < -0.4 is 5.73 Å². The minimum Gasteiger partial charge on any atom is -0.475 e. The fraction of sp³-hybridized carbons (Fsp3) is 0.462. The van der Waals surface area contributed by atoms with Crippen molar-refractivity contribution in [3.05, 3.63) is 70.8 Å². The van der Waals surface area contributed by atoms with Crippen molar-refractivity contribution in [2.45, 2.75) is 56.4 Å². The number of rotatable bonds is 8. The number of piperidine rings is 1. The van der Waals surface area contributed by atoms with E-state index in [1.54, 1.807) is 6.07 Å². The number of carboxylic acid groups (broad SMARTS) is 1. The van der Waals surface area contributed by atoms with Crippen LogP contribution in [0.5, 0.6) is 0 Å². The molecule has 8 nitrogen and oxygen atoms in total.